The minimum atomic E-state index is 0.0937. The number of methoxy groups -OCH3 is 1. The maximum Gasteiger partial charge on any atom is 0.172 e. The van der Waals surface area contributed by atoms with Crippen molar-refractivity contribution in [1.29, 1.82) is 0 Å². The highest BCUT2D eigenvalue weighted by molar-refractivity contribution is 9.10. The second-order valence-corrected chi connectivity index (χ2v) is 4.16. The first-order valence-corrected chi connectivity index (χ1v) is 5.15. The average Bonchev–Trinajstić information content (AvgIpc) is 2.10. The predicted molar refractivity (Wildman–Crippen MR) is 59.7 cm³/mol. The van der Waals surface area contributed by atoms with Crippen molar-refractivity contribution in [1.82, 2.24) is 0 Å². The first kappa shape index (κ1) is 11.3. The van der Waals surface area contributed by atoms with Gasteiger partial charge in [-0.3, -0.25) is 0 Å². The Balaban J connectivity index is 3.03. The van der Waals surface area contributed by atoms with Crippen LogP contribution in [0, 0.1) is 0 Å². The third-order valence-electron chi connectivity index (χ3n) is 1.87. The van der Waals surface area contributed by atoms with Gasteiger partial charge >= 0.3 is 0 Å². The highest BCUT2D eigenvalue weighted by Gasteiger charge is 2.09. The van der Waals surface area contributed by atoms with E-state index in [0.717, 1.165) is 12.0 Å². The molecule has 14 heavy (non-hydrogen) atoms. The van der Waals surface area contributed by atoms with Crippen molar-refractivity contribution in [3.05, 3.63) is 22.2 Å². The van der Waals surface area contributed by atoms with Crippen molar-refractivity contribution in [3.8, 4) is 11.5 Å². The van der Waals surface area contributed by atoms with Gasteiger partial charge in [-0.2, -0.15) is 0 Å². The molecule has 0 aliphatic carbocycles. The predicted octanol–water partition coefficient (Wildman–Crippen LogP) is 2.05. The number of phenolic OH excluding ortho intramolecular Hbond substituents is 1. The molecule has 0 bridgehead atoms. The van der Waals surface area contributed by atoms with E-state index in [0.29, 0.717) is 10.2 Å². The minimum absolute atomic E-state index is 0.0937. The summed E-state index contributed by atoms with van der Waals surface area (Å²) in [6.07, 6.45) is 0.759. The van der Waals surface area contributed by atoms with Crippen LogP contribution in [-0.4, -0.2) is 18.3 Å². The van der Waals surface area contributed by atoms with Crippen LogP contribution >= 0.6 is 15.9 Å². The maximum atomic E-state index is 9.55. The number of nitrogens with two attached hydrogens (primary N) is 1. The largest absolute Gasteiger partial charge is 0.503 e. The second-order valence-electron chi connectivity index (χ2n) is 3.31. The molecule has 0 spiro atoms. The lowest BCUT2D eigenvalue weighted by atomic mass is 10.1. The monoisotopic (exact) mass is 259 g/mol. The maximum absolute atomic E-state index is 9.55. The molecule has 3 nitrogen and oxygen atoms in total. The lowest BCUT2D eigenvalue weighted by molar-refractivity contribution is 0.371. The van der Waals surface area contributed by atoms with Gasteiger partial charge in [-0.1, -0.05) is 0 Å². The summed E-state index contributed by atoms with van der Waals surface area (Å²) in [5.74, 6) is 0.593. The normalized spacial score (nSPS) is 12.6. The summed E-state index contributed by atoms with van der Waals surface area (Å²) in [7, 11) is 1.52. The minimum Gasteiger partial charge on any atom is -0.503 e. The molecule has 0 saturated heterocycles. The van der Waals surface area contributed by atoms with Crippen molar-refractivity contribution in [2.24, 2.45) is 5.73 Å². The van der Waals surface area contributed by atoms with Gasteiger partial charge in [0.05, 0.1) is 11.6 Å². The van der Waals surface area contributed by atoms with Gasteiger partial charge in [0.25, 0.3) is 0 Å². The van der Waals surface area contributed by atoms with Crippen LogP contribution in [0.25, 0.3) is 0 Å². The number of rotatable bonds is 3. The lowest BCUT2D eigenvalue weighted by Gasteiger charge is -2.10. The molecule has 78 valence electrons. The zero-order valence-electron chi connectivity index (χ0n) is 8.25. The van der Waals surface area contributed by atoms with Gasteiger partial charge in [0.1, 0.15) is 0 Å². The molecule has 0 aliphatic heterocycles. The zero-order chi connectivity index (χ0) is 10.7. The van der Waals surface area contributed by atoms with Gasteiger partial charge in [0.2, 0.25) is 0 Å². The average molecular weight is 260 g/mol. The van der Waals surface area contributed by atoms with Crippen LogP contribution in [0.3, 0.4) is 0 Å². The summed E-state index contributed by atoms with van der Waals surface area (Å²) < 4.78 is 5.66. The molecule has 0 unspecified atom stereocenters. The molecular formula is C10H14BrNO2. The topological polar surface area (TPSA) is 55.5 Å². The Bertz CT molecular complexity index is 326. The first-order chi connectivity index (χ1) is 6.54. The molecule has 1 rings (SSSR count). The fourth-order valence-corrected chi connectivity index (χ4v) is 1.76. The van der Waals surface area contributed by atoms with Crippen LogP contribution in [0.5, 0.6) is 11.5 Å². The zero-order valence-corrected chi connectivity index (χ0v) is 9.84. The number of benzene rings is 1. The molecule has 0 fully saturated rings. The van der Waals surface area contributed by atoms with Crippen molar-refractivity contribution >= 4 is 15.9 Å². The number of hydrogen-bond donors (Lipinski definition) is 2. The van der Waals surface area contributed by atoms with Gasteiger partial charge in [0.15, 0.2) is 11.5 Å². The molecule has 0 heterocycles. The molecule has 0 aliphatic rings. The van der Waals surface area contributed by atoms with E-state index in [1.807, 2.05) is 13.0 Å². The Morgan fingerprint density at radius 2 is 2.21 bits per heavy atom. The van der Waals surface area contributed by atoms with E-state index in [-0.39, 0.29) is 11.8 Å². The highest BCUT2D eigenvalue weighted by Crippen LogP contribution is 2.35. The summed E-state index contributed by atoms with van der Waals surface area (Å²) in [5, 5.41) is 9.55. The Hall–Kier alpha value is -0.740. The van der Waals surface area contributed by atoms with Crippen molar-refractivity contribution in [2.75, 3.05) is 7.11 Å². The van der Waals surface area contributed by atoms with E-state index in [4.69, 9.17) is 10.5 Å². The summed E-state index contributed by atoms with van der Waals surface area (Å²) in [5.41, 5.74) is 6.73. The van der Waals surface area contributed by atoms with Crippen LogP contribution < -0.4 is 10.5 Å². The van der Waals surface area contributed by atoms with Gasteiger partial charge in [-0.05, 0) is 47.0 Å². The molecule has 1 aromatic rings. The molecule has 1 aromatic carbocycles. The highest BCUT2D eigenvalue weighted by atomic mass is 79.9. The summed E-state index contributed by atoms with van der Waals surface area (Å²) >= 11 is 3.26. The van der Waals surface area contributed by atoms with Gasteiger partial charge in [0, 0.05) is 6.04 Å². The number of aromatic hydroxyl groups is 1. The Morgan fingerprint density at radius 1 is 1.57 bits per heavy atom. The van der Waals surface area contributed by atoms with E-state index < -0.39 is 0 Å². The molecule has 0 radical (unpaired) electrons. The van der Waals surface area contributed by atoms with E-state index in [9.17, 15) is 5.11 Å². The fraction of sp³-hybridized carbons (Fsp3) is 0.400. The standard InChI is InChI=1S/C10H14BrNO2/c1-6(12)3-7-4-8(11)10(13)9(5-7)14-2/h4-6,13H,3,12H2,1-2H3/t6-/m1/s1. The number of hydrogen-bond acceptors (Lipinski definition) is 3. The SMILES string of the molecule is COc1cc(C[C@@H](C)N)cc(Br)c1O. The van der Waals surface area contributed by atoms with E-state index in [1.165, 1.54) is 7.11 Å². The second kappa shape index (κ2) is 4.66. The van der Waals surface area contributed by atoms with Crippen LogP contribution in [0.1, 0.15) is 12.5 Å². The Kier molecular flexibility index (Phi) is 3.77. The van der Waals surface area contributed by atoms with Crippen molar-refractivity contribution < 1.29 is 9.84 Å². The third-order valence-corrected chi connectivity index (χ3v) is 2.47. The Labute approximate surface area is 92.0 Å². The van der Waals surface area contributed by atoms with Crippen LogP contribution in [-0.2, 0) is 6.42 Å². The van der Waals surface area contributed by atoms with Crippen LogP contribution in [0.2, 0.25) is 0 Å². The van der Waals surface area contributed by atoms with E-state index >= 15 is 0 Å². The summed E-state index contributed by atoms with van der Waals surface area (Å²) in [4.78, 5) is 0. The number of ether oxygens (including phenoxy) is 1. The number of halogens is 1. The quantitative estimate of drug-likeness (QED) is 0.874. The lowest BCUT2D eigenvalue weighted by Crippen LogP contribution is -2.17. The first-order valence-electron chi connectivity index (χ1n) is 4.35. The smallest absolute Gasteiger partial charge is 0.172 e. The summed E-state index contributed by atoms with van der Waals surface area (Å²) in [6.45, 7) is 1.94. The molecule has 4 heteroatoms. The molecule has 0 saturated carbocycles. The fourth-order valence-electron chi connectivity index (χ4n) is 1.27. The van der Waals surface area contributed by atoms with E-state index in [2.05, 4.69) is 15.9 Å². The van der Waals surface area contributed by atoms with Gasteiger partial charge in [-0.15, -0.1) is 0 Å². The Morgan fingerprint density at radius 3 is 2.71 bits per heavy atom. The molecule has 3 N–H and O–H groups in total. The number of phenols is 1. The molecule has 1 atom stereocenters. The molecule has 0 aromatic heterocycles. The van der Waals surface area contributed by atoms with E-state index in [1.54, 1.807) is 6.07 Å². The summed E-state index contributed by atoms with van der Waals surface area (Å²) in [6, 6.07) is 3.74. The molecular weight excluding hydrogens is 246 g/mol. The van der Waals surface area contributed by atoms with Gasteiger partial charge in [-0.25, -0.2) is 0 Å². The molecule has 0 amide bonds. The van der Waals surface area contributed by atoms with Crippen molar-refractivity contribution in [2.45, 2.75) is 19.4 Å². The third kappa shape index (κ3) is 2.62. The van der Waals surface area contributed by atoms with Gasteiger partial charge < -0.3 is 15.6 Å². The van der Waals surface area contributed by atoms with Crippen LogP contribution in [0.15, 0.2) is 16.6 Å². The van der Waals surface area contributed by atoms with Crippen molar-refractivity contribution in [3.63, 3.8) is 0 Å². The van der Waals surface area contributed by atoms with Crippen LogP contribution in [0.4, 0.5) is 0 Å².